The van der Waals surface area contributed by atoms with Crippen LogP contribution in [0, 0.1) is 0 Å². The molecule has 0 aromatic rings. The second-order valence-electron chi connectivity index (χ2n) is 5.29. The van der Waals surface area contributed by atoms with E-state index >= 15 is 0 Å². The molecule has 0 saturated carbocycles. The molecule has 2 rings (SSSR count). The van der Waals surface area contributed by atoms with Crippen LogP contribution < -0.4 is 0 Å². The van der Waals surface area contributed by atoms with E-state index in [4.69, 9.17) is 9.47 Å². The van der Waals surface area contributed by atoms with Gasteiger partial charge in [-0.1, -0.05) is 0 Å². The van der Waals surface area contributed by atoms with Crippen molar-refractivity contribution in [2.45, 2.75) is 24.4 Å². The topological polar surface area (TPSA) is 65.4 Å². The lowest BCUT2D eigenvalue weighted by atomic mass is 10.0. The van der Waals surface area contributed by atoms with E-state index in [-0.39, 0.29) is 18.8 Å². The molecule has 0 radical (unpaired) electrons. The predicted molar refractivity (Wildman–Crippen MR) is 66.5 cm³/mol. The first kappa shape index (κ1) is 14.2. The molecular weight excluding hydrogens is 236 g/mol. The fourth-order valence-electron chi connectivity index (χ4n) is 2.81. The molecule has 0 aromatic carbocycles. The van der Waals surface area contributed by atoms with Crippen LogP contribution in [0.4, 0.5) is 0 Å². The Labute approximate surface area is 108 Å². The summed E-state index contributed by atoms with van der Waals surface area (Å²) < 4.78 is 11.1. The van der Waals surface area contributed by atoms with Gasteiger partial charge in [-0.3, -0.25) is 4.90 Å². The minimum absolute atomic E-state index is 0.0477. The monoisotopic (exact) mass is 260 g/mol. The van der Waals surface area contributed by atoms with Crippen molar-refractivity contribution in [2.24, 2.45) is 0 Å². The molecule has 18 heavy (non-hydrogen) atoms. The van der Waals surface area contributed by atoms with E-state index < -0.39 is 12.2 Å². The quantitative estimate of drug-likeness (QED) is 0.633. The summed E-state index contributed by atoms with van der Waals surface area (Å²) in [6, 6.07) is -0.0477. The molecule has 2 saturated heterocycles. The molecule has 2 aliphatic rings. The van der Waals surface area contributed by atoms with Gasteiger partial charge in [0.05, 0.1) is 32.0 Å². The number of morpholine rings is 1. The minimum Gasteiger partial charge on any atom is -0.394 e. The number of hydrogen-bond acceptors (Lipinski definition) is 6. The van der Waals surface area contributed by atoms with Gasteiger partial charge in [-0.05, 0) is 14.1 Å². The molecule has 2 fully saturated rings. The second kappa shape index (κ2) is 6.27. The minimum atomic E-state index is -0.627. The number of aliphatic hydroxyl groups is 2. The van der Waals surface area contributed by atoms with Gasteiger partial charge in [-0.25, -0.2) is 0 Å². The van der Waals surface area contributed by atoms with Crippen molar-refractivity contribution < 1.29 is 19.7 Å². The van der Waals surface area contributed by atoms with Gasteiger partial charge in [0.1, 0.15) is 12.2 Å². The van der Waals surface area contributed by atoms with E-state index in [0.717, 1.165) is 19.6 Å². The summed E-state index contributed by atoms with van der Waals surface area (Å²) in [5.41, 5.74) is 0. The van der Waals surface area contributed by atoms with Gasteiger partial charge >= 0.3 is 0 Å². The Morgan fingerprint density at radius 3 is 2.44 bits per heavy atom. The maximum atomic E-state index is 10.3. The molecule has 4 unspecified atom stereocenters. The molecule has 6 heteroatoms. The van der Waals surface area contributed by atoms with Gasteiger partial charge in [0.2, 0.25) is 0 Å². The maximum Gasteiger partial charge on any atom is 0.109 e. The van der Waals surface area contributed by atoms with Crippen LogP contribution in [0.15, 0.2) is 0 Å². The van der Waals surface area contributed by atoms with Crippen LogP contribution in [0.1, 0.15) is 0 Å². The molecule has 2 heterocycles. The molecule has 0 amide bonds. The van der Waals surface area contributed by atoms with Crippen LogP contribution in [0.25, 0.3) is 0 Å². The Kier molecular flexibility index (Phi) is 4.94. The highest BCUT2D eigenvalue weighted by atomic mass is 16.5. The summed E-state index contributed by atoms with van der Waals surface area (Å²) in [7, 11) is 3.97. The van der Waals surface area contributed by atoms with Gasteiger partial charge < -0.3 is 24.6 Å². The van der Waals surface area contributed by atoms with Gasteiger partial charge in [0, 0.05) is 19.6 Å². The summed E-state index contributed by atoms with van der Waals surface area (Å²) in [6.45, 7) is 3.63. The number of hydrogen-bond donors (Lipinski definition) is 2. The van der Waals surface area contributed by atoms with Crippen LogP contribution in [-0.2, 0) is 9.47 Å². The maximum absolute atomic E-state index is 10.3. The third kappa shape index (κ3) is 3.01. The van der Waals surface area contributed by atoms with Crippen molar-refractivity contribution in [2.75, 3.05) is 53.6 Å². The first-order valence-electron chi connectivity index (χ1n) is 6.54. The zero-order chi connectivity index (χ0) is 13.1. The Morgan fingerprint density at radius 2 is 1.89 bits per heavy atom. The molecule has 6 nitrogen and oxygen atoms in total. The second-order valence-corrected chi connectivity index (χ2v) is 5.29. The first-order valence-corrected chi connectivity index (χ1v) is 6.54. The van der Waals surface area contributed by atoms with Crippen molar-refractivity contribution >= 4 is 0 Å². The van der Waals surface area contributed by atoms with Crippen LogP contribution in [0.5, 0.6) is 0 Å². The Hall–Kier alpha value is -0.240. The zero-order valence-corrected chi connectivity index (χ0v) is 11.2. The third-order valence-electron chi connectivity index (χ3n) is 3.65. The number of ether oxygens (including phenoxy) is 2. The number of likely N-dealkylation sites (N-methyl/N-ethyl adjacent to an activating group) is 1. The molecule has 0 aromatic heterocycles. The zero-order valence-electron chi connectivity index (χ0n) is 11.2. The summed E-state index contributed by atoms with van der Waals surface area (Å²) in [5.74, 6) is 0. The lowest BCUT2D eigenvalue weighted by Gasteiger charge is -2.36. The van der Waals surface area contributed by atoms with E-state index in [2.05, 4.69) is 4.90 Å². The van der Waals surface area contributed by atoms with Gasteiger partial charge in [0.25, 0.3) is 0 Å². The van der Waals surface area contributed by atoms with Crippen LogP contribution in [0.2, 0.25) is 0 Å². The molecule has 0 bridgehead atoms. The van der Waals surface area contributed by atoms with Crippen molar-refractivity contribution in [1.82, 2.24) is 9.80 Å². The average molecular weight is 260 g/mol. The SMILES string of the molecule is CN(C)CC1OC(CO)C(O)C1N1CCOCC1. The van der Waals surface area contributed by atoms with E-state index in [1.807, 2.05) is 19.0 Å². The third-order valence-corrected chi connectivity index (χ3v) is 3.65. The summed E-state index contributed by atoms with van der Waals surface area (Å²) >= 11 is 0. The van der Waals surface area contributed by atoms with E-state index in [1.54, 1.807) is 0 Å². The summed E-state index contributed by atoms with van der Waals surface area (Å²) in [6.07, 6.45) is -1.16. The molecule has 4 atom stereocenters. The molecule has 0 spiro atoms. The summed E-state index contributed by atoms with van der Waals surface area (Å²) in [5, 5.41) is 19.6. The Morgan fingerprint density at radius 1 is 1.22 bits per heavy atom. The largest absolute Gasteiger partial charge is 0.394 e. The summed E-state index contributed by atoms with van der Waals surface area (Å²) in [4.78, 5) is 4.27. The number of nitrogens with zero attached hydrogens (tertiary/aromatic N) is 2. The van der Waals surface area contributed by atoms with Crippen molar-refractivity contribution in [3.63, 3.8) is 0 Å². The normalized spacial score (nSPS) is 38.5. The van der Waals surface area contributed by atoms with Crippen LogP contribution >= 0.6 is 0 Å². The highest BCUT2D eigenvalue weighted by Gasteiger charge is 2.46. The predicted octanol–water partition coefficient (Wildman–Crippen LogP) is -1.63. The highest BCUT2D eigenvalue weighted by Crippen LogP contribution is 2.26. The van der Waals surface area contributed by atoms with Crippen molar-refractivity contribution in [3.05, 3.63) is 0 Å². The molecule has 106 valence electrons. The molecular formula is C12H24N2O4. The van der Waals surface area contributed by atoms with Crippen molar-refractivity contribution in [1.29, 1.82) is 0 Å². The van der Waals surface area contributed by atoms with E-state index in [0.29, 0.717) is 13.2 Å². The standard InChI is InChI=1S/C12H24N2O4/c1-13(2)7-9-11(12(16)10(8-15)18-9)14-3-5-17-6-4-14/h9-12,15-16H,3-8H2,1-2H3. The lowest BCUT2D eigenvalue weighted by Crippen LogP contribution is -2.54. The van der Waals surface area contributed by atoms with Gasteiger partial charge in [-0.15, -0.1) is 0 Å². The van der Waals surface area contributed by atoms with Crippen LogP contribution in [-0.4, -0.2) is 97.9 Å². The average Bonchev–Trinajstić information content (AvgIpc) is 2.66. The molecule has 2 N–H and O–H groups in total. The van der Waals surface area contributed by atoms with Gasteiger partial charge in [-0.2, -0.15) is 0 Å². The van der Waals surface area contributed by atoms with Gasteiger partial charge in [0.15, 0.2) is 0 Å². The first-order chi connectivity index (χ1) is 8.63. The van der Waals surface area contributed by atoms with Crippen LogP contribution in [0.3, 0.4) is 0 Å². The number of rotatable bonds is 4. The number of aliphatic hydroxyl groups excluding tert-OH is 2. The smallest absolute Gasteiger partial charge is 0.109 e. The van der Waals surface area contributed by atoms with E-state index in [1.165, 1.54) is 0 Å². The molecule has 0 aliphatic carbocycles. The lowest BCUT2D eigenvalue weighted by molar-refractivity contribution is -0.0310. The Balaban J connectivity index is 2.05. The fourth-order valence-corrected chi connectivity index (χ4v) is 2.81. The van der Waals surface area contributed by atoms with E-state index in [9.17, 15) is 10.2 Å². The molecule has 2 aliphatic heterocycles. The van der Waals surface area contributed by atoms with Crippen molar-refractivity contribution in [3.8, 4) is 0 Å². The fraction of sp³-hybridized carbons (Fsp3) is 1.00. The highest BCUT2D eigenvalue weighted by molar-refractivity contribution is 4.98. The Bertz CT molecular complexity index is 258.